The molecule has 134 valence electrons. The molecule has 0 aliphatic rings. The van der Waals surface area contributed by atoms with E-state index < -0.39 is 11.2 Å². The minimum Gasteiger partial charge on any atom is -0.412 e. The summed E-state index contributed by atoms with van der Waals surface area (Å²) in [5.41, 5.74) is 7.15. The van der Waals surface area contributed by atoms with E-state index in [0.717, 1.165) is 15.7 Å². The number of aryl methyl sites for hydroxylation is 1. The first-order valence-corrected chi connectivity index (χ1v) is 6.93. The van der Waals surface area contributed by atoms with E-state index in [4.69, 9.17) is 5.73 Å². The Balaban J connectivity index is 0.00000156. The van der Waals surface area contributed by atoms with Gasteiger partial charge in [0, 0.05) is 32.3 Å². The van der Waals surface area contributed by atoms with Crippen LogP contribution in [0.5, 0.6) is 0 Å². The van der Waals surface area contributed by atoms with Crippen LogP contribution in [0.25, 0.3) is 22.6 Å². The molecule has 0 aliphatic carbocycles. The summed E-state index contributed by atoms with van der Waals surface area (Å²) in [6.45, 7) is 0. The largest absolute Gasteiger partial charge is 0.412 e. The molecule has 2 heterocycles. The highest BCUT2D eigenvalue weighted by Gasteiger charge is 2.14. The smallest absolute Gasteiger partial charge is 0.332 e. The van der Waals surface area contributed by atoms with E-state index in [1.165, 1.54) is 11.6 Å². The SMILES string of the molecule is CN=C(N)c1ccc(-c2nc3c([nH]2)c(=O)n(C)c(=O)n3C)cc1.Cl.O. The Kier molecular flexibility index (Phi) is 5.90. The van der Waals surface area contributed by atoms with Crippen molar-refractivity contribution < 1.29 is 5.48 Å². The number of aromatic nitrogens is 4. The van der Waals surface area contributed by atoms with Crippen LogP contribution in [0.2, 0.25) is 0 Å². The van der Waals surface area contributed by atoms with Crippen molar-refractivity contribution >= 4 is 29.4 Å². The molecule has 0 spiro atoms. The molecule has 9 nitrogen and oxygen atoms in total. The molecule has 0 aliphatic heterocycles. The molecule has 0 radical (unpaired) electrons. The maximum absolute atomic E-state index is 12.2. The third-order valence-electron chi connectivity index (χ3n) is 3.79. The Morgan fingerprint density at radius 3 is 2.32 bits per heavy atom. The van der Waals surface area contributed by atoms with Crippen LogP contribution in [-0.4, -0.2) is 37.5 Å². The summed E-state index contributed by atoms with van der Waals surface area (Å²) in [4.78, 5) is 35.4. The number of amidine groups is 1. The zero-order valence-corrected chi connectivity index (χ0v) is 14.7. The van der Waals surface area contributed by atoms with Gasteiger partial charge < -0.3 is 16.2 Å². The maximum atomic E-state index is 12.2. The van der Waals surface area contributed by atoms with Crippen LogP contribution >= 0.6 is 12.4 Å². The van der Waals surface area contributed by atoms with Gasteiger partial charge in [-0.15, -0.1) is 12.4 Å². The number of nitrogens with two attached hydrogens (primary N) is 1. The van der Waals surface area contributed by atoms with Crippen LogP contribution in [0, 0.1) is 0 Å². The van der Waals surface area contributed by atoms with E-state index in [2.05, 4.69) is 15.0 Å². The zero-order chi connectivity index (χ0) is 16.7. The molecule has 0 atom stereocenters. The van der Waals surface area contributed by atoms with Crippen LogP contribution < -0.4 is 17.0 Å². The van der Waals surface area contributed by atoms with Crippen molar-refractivity contribution in [2.75, 3.05) is 7.05 Å². The second-order valence-electron chi connectivity index (χ2n) is 5.18. The Hall–Kier alpha value is -2.91. The molecular formula is C15H19ClN6O3. The first kappa shape index (κ1) is 20.1. The van der Waals surface area contributed by atoms with Gasteiger partial charge in [-0.25, -0.2) is 9.78 Å². The number of benzene rings is 1. The molecule has 0 saturated heterocycles. The lowest BCUT2D eigenvalue weighted by molar-refractivity contribution is 0.709. The van der Waals surface area contributed by atoms with Crippen molar-refractivity contribution in [1.29, 1.82) is 0 Å². The third-order valence-corrected chi connectivity index (χ3v) is 3.79. The van der Waals surface area contributed by atoms with Gasteiger partial charge >= 0.3 is 5.69 Å². The fourth-order valence-electron chi connectivity index (χ4n) is 2.39. The number of hydrogen-bond acceptors (Lipinski definition) is 4. The summed E-state index contributed by atoms with van der Waals surface area (Å²) in [6.07, 6.45) is 0. The van der Waals surface area contributed by atoms with Gasteiger partial charge in [-0.1, -0.05) is 24.3 Å². The van der Waals surface area contributed by atoms with Crippen LogP contribution in [0.3, 0.4) is 0 Å². The molecule has 3 aromatic rings. The standard InChI is InChI=1S/C15H16N6O2.ClH.H2O/c1-17-11(16)8-4-6-9(7-5-8)12-18-10-13(19-12)20(2)15(23)21(3)14(10)22;;/h4-7H,1-3H3,(H2,16,17)(H,18,19);1H;1H2. The van der Waals surface area contributed by atoms with Crippen molar-refractivity contribution in [3.8, 4) is 11.4 Å². The molecule has 0 saturated carbocycles. The molecule has 5 N–H and O–H groups in total. The Labute approximate surface area is 148 Å². The molecular weight excluding hydrogens is 348 g/mol. The maximum Gasteiger partial charge on any atom is 0.332 e. The van der Waals surface area contributed by atoms with E-state index >= 15 is 0 Å². The minimum absolute atomic E-state index is 0. The minimum atomic E-state index is -0.414. The van der Waals surface area contributed by atoms with Gasteiger partial charge in [0.25, 0.3) is 5.56 Å². The van der Waals surface area contributed by atoms with Crippen molar-refractivity contribution in [2.24, 2.45) is 24.8 Å². The molecule has 0 amide bonds. The monoisotopic (exact) mass is 366 g/mol. The number of nitrogens with zero attached hydrogens (tertiary/aromatic N) is 4. The topological polar surface area (TPSA) is 143 Å². The predicted molar refractivity (Wildman–Crippen MR) is 99.5 cm³/mol. The lowest BCUT2D eigenvalue weighted by atomic mass is 10.1. The highest BCUT2D eigenvalue weighted by Crippen LogP contribution is 2.18. The average molecular weight is 367 g/mol. The first-order chi connectivity index (χ1) is 10.9. The number of imidazole rings is 1. The highest BCUT2D eigenvalue weighted by atomic mass is 35.5. The summed E-state index contributed by atoms with van der Waals surface area (Å²) in [5.74, 6) is 0.953. The normalized spacial score (nSPS) is 11.1. The number of rotatable bonds is 2. The number of nitrogens with one attached hydrogen (secondary N) is 1. The summed E-state index contributed by atoms with van der Waals surface area (Å²) in [7, 11) is 4.64. The van der Waals surface area contributed by atoms with Crippen LogP contribution in [-0.2, 0) is 14.1 Å². The first-order valence-electron chi connectivity index (χ1n) is 6.93. The molecule has 10 heteroatoms. The number of aromatic amines is 1. The van der Waals surface area contributed by atoms with Gasteiger partial charge in [-0.2, -0.15) is 0 Å². The number of halogens is 1. The predicted octanol–water partition coefficient (Wildman–Crippen LogP) is -0.441. The summed E-state index contributed by atoms with van der Waals surface area (Å²) >= 11 is 0. The van der Waals surface area contributed by atoms with Crippen LogP contribution in [0.15, 0.2) is 38.8 Å². The van der Waals surface area contributed by atoms with E-state index in [1.807, 2.05) is 24.3 Å². The van der Waals surface area contributed by atoms with E-state index in [1.54, 1.807) is 14.1 Å². The molecule has 2 aromatic heterocycles. The van der Waals surface area contributed by atoms with Crippen molar-refractivity contribution in [3.05, 3.63) is 50.7 Å². The molecule has 0 unspecified atom stereocenters. The lowest BCUT2D eigenvalue weighted by Crippen LogP contribution is -2.36. The number of H-pyrrole nitrogens is 1. The van der Waals surface area contributed by atoms with E-state index in [9.17, 15) is 9.59 Å². The zero-order valence-electron chi connectivity index (χ0n) is 13.9. The Morgan fingerprint density at radius 1 is 1.16 bits per heavy atom. The number of fused-ring (bicyclic) bond motifs is 1. The van der Waals surface area contributed by atoms with E-state index in [0.29, 0.717) is 22.8 Å². The van der Waals surface area contributed by atoms with Crippen molar-refractivity contribution in [1.82, 2.24) is 19.1 Å². The van der Waals surface area contributed by atoms with Gasteiger partial charge in [0.1, 0.15) is 17.2 Å². The van der Waals surface area contributed by atoms with Gasteiger partial charge in [0.05, 0.1) is 0 Å². The lowest BCUT2D eigenvalue weighted by Gasteiger charge is -2.01. The fourth-order valence-corrected chi connectivity index (χ4v) is 2.39. The molecule has 1 aromatic carbocycles. The molecule has 3 rings (SSSR count). The van der Waals surface area contributed by atoms with Gasteiger partial charge in [0.15, 0.2) is 5.65 Å². The average Bonchev–Trinajstić information content (AvgIpc) is 3.03. The quantitative estimate of drug-likeness (QED) is 0.468. The second-order valence-corrected chi connectivity index (χ2v) is 5.18. The Morgan fingerprint density at radius 2 is 1.76 bits per heavy atom. The van der Waals surface area contributed by atoms with Crippen LogP contribution in [0.4, 0.5) is 0 Å². The van der Waals surface area contributed by atoms with Gasteiger partial charge in [0.2, 0.25) is 0 Å². The summed E-state index contributed by atoms with van der Waals surface area (Å²) in [6, 6.07) is 7.30. The van der Waals surface area contributed by atoms with Crippen molar-refractivity contribution in [2.45, 2.75) is 0 Å². The molecule has 0 bridgehead atoms. The molecule has 0 fully saturated rings. The number of aliphatic imine (C=N–C) groups is 1. The van der Waals surface area contributed by atoms with Crippen LogP contribution in [0.1, 0.15) is 5.56 Å². The number of hydrogen-bond donors (Lipinski definition) is 2. The van der Waals surface area contributed by atoms with Gasteiger partial charge in [-0.3, -0.25) is 18.9 Å². The summed E-state index contributed by atoms with van der Waals surface area (Å²) < 4.78 is 2.39. The summed E-state index contributed by atoms with van der Waals surface area (Å²) in [5, 5.41) is 0. The van der Waals surface area contributed by atoms with Gasteiger partial charge in [-0.05, 0) is 0 Å². The highest BCUT2D eigenvalue weighted by molar-refractivity contribution is 5.97. The second kappa shape index (κ2) is 7.32. The third kappa shape index (κ3) is 3.19. The molecule has 25 heavy (non-hydrogen) atoms. The van der Waals surface area contributed by atoms with Crippen molar-refractivity contribution in [3.63, 3.8) is 0 Å². The fraction of sp³-hybridized carbons (Fsp3) is 0.200. The Bertz CT molecular complexity index is 1050. The van der Waals surface area contributed by atoms with E-state index in [-0.39, 0.29) is 17.9 Å².